The van der Waals surface area contributed by atoms with Gasteiger partial charge in [0, 0.05) is 29.9 Å². The molecule has 0 radical (unpaired) electrons. The molecule has 7 nitrogen and oxygen atoms in total. The van der Waals surface area contributed by atoms with Gasteiger partial charge in [0.1, 0.15) is 0 Å². The van der Waals surface area contributed by atoms with Crippen LogP contribution in [0.3, 0.4) is 0 Å². The highest BCUT2D eigenvalue weighted by molar-refractivity contribution is 6.20. The van der Waals surface area contributed by atoms with Gasteiger partial charge in [-0.2, -0.15) is 26.3 Å². The Hall–Kier alpha value is -4.68. The molecule has 3 aromatic rings. The summed E-state index contributed by atoms with van der Waals surface area (Å²) in [5, 5.41) is 4.78. The van der Waals surface area contributed by atoms with Crippen molar-refractivity contribution >= 4 is 29.1 Å². The Morgan fingerprint density at radius 2 is 1.56 bits per heavy atom. The molecule has 228 valence electrons. The first kappa shape index (κ1) is 32.8. The molecule has 0 bridgehead atoms. The van der Waals surface area contributed by atoms with Gasteiger partial charge < -0.3 is 16.4 Å². The Labute approximate surface area is 243 Å². The number of benzene rings is 3. The lowest BCUT2D eigenvalue weighted by atomic mass is 9.97. The lowest BCUT2D eigenvalue weighted by Gasteiger charge is -2.19. The van der Waals surface area contributed by atoms with Crippen molar-refractivity contribution in [3.8, 4) is 0 Å². The fourth-order valence-electron chi connectivity index (χ4n) is 4.19. The van der Waals surface area contributed by atoms with E-state index in [2.05, 4.69) is 15.6 Å². The van der Waals surface area contributed by atoms with E-state index in [0.717, 1.165) is 18.2 Å². The van der Waals surface area contributed by atoms with Crippen LogP contribution in [0.15, 0.2) is 83.9 Å². The fourth-order valence-corrected chi connectivity index (χ4v) is 4.19. The largest absolute Gasteiger partial charge is 0.416 e. The number of anilines is 1. The number of benzodiazepines with no additional fused rings is 1. The number of primary amides is 1. The van der Waals surface area contributed by atoms with Gasteiger partial charge in [-0.15, -0.1) is 0 Å². The van der Waals surface area contributed by atoms with Crippen LogP contribution in [0.5, 0.6) is 0 Å². The topological polar surface area (TPSA) is 114 Å². The zero-order chi connectivity index (χ0) is 31.8. The molecular formula is C30H28F6N4O3. The highest BCUT2D eigenvalue weighted by atomic mass is 19.4. The number of aryl methyl sites for hydroxylation is 1. The van der Waals surface area contributed by atoms with E-state index in [1.807, 2.05) is 36.4 Å². The van der Waals surface area contributed by atoms with Crippen LogP contribution in [0.2, 0.25) is 0 Å². The predicted molar refractivity (Wildman–Crippen MR) is 148 cm³/mol. The van der Waals surface area contributed by atoms with Gasteiger partial charge in [0.15, 0.2) is 0 Å². The average molecular weight is 607 g/mol. The minimum absolute atomic E-state index is 0.0109. The Morgan fingerprint density at radius 1 is 0.953 bits per heavy atom. The van der Waals surface area contributed by atoms with Crippen LogP contribution in [-0.4, -0.2) is 35.8 Å². The number of carbonyl (C=O) groups excluding carboxylic acids is 3. The quantitative estimate of drug-likeness (QED) is 0.297. The molecule has 3 amide bonds. The highest BCUT2D eigenvalue weighted by Crippen LogP contribution is 2.32. The van der Waals surface area contributed by atoms with Crippen molar-refractivity contribution < 1.29 is 40.7 Å². The zero-order valence-electron chi connectivity index (χ0n) is 22.8. The number of carbonyl (C=O) groups is 3. The number of aliphatic imine (C=N–C) groups is 1. The van der Waals surface area contributed by atoms with Gasteiger partial charge in [0.05, 0.1) is 17.0 Å². The maximum Gasteiger partial charge on any atom is 0.416 e. The number of hydrogen-bond donors (Lipinski definition) is 3. The second-order valence-electron chi connectivity index (χ2n) is 9.63. The van der Waals surface area contributed by atoms with E-state index >= 15 is 0 Å². The number of rotatable bonds is 7. The standard InChI is InChI=1S/C24H22F6N4O3.C6H6/c1-12-4-2-7-16-18(12)33-22(37)20(32-19(16)13-5-3-6-15(10-13)24(28,29)30)34-21(36)14(11-17(31)35)8-9-23(25,26)27;1-2-4-6-5-3-1/h2-7,10,14,20H,8-9,11H2,1H3,(H2,31,35)(H,33,37)(H,34,36);1-6H/t14-,20-;/m1./s1. The monoisotopic (exact) mass is 606 g/mol. The Kier molecular flexibility index (Phi) is 10.7. The lowest BCUT2D eigenvalue weighted by Crippen LogP contribution is -2.45. The summed E-state index contributed by atoms with van der Waals surface area (Å²) in [5.41, 5.74) is 5.10. The normalized spacial score (nSPS) is 15.5. The summed E-state index contributed by atoms with van der Waals surface area (Å²) in [7, 11) is 0. The third kappa shape index (κ3) is 9.69. The first-order valence-electron chi connectivity index (χ1n) is 13.0. The maximum atomic E-state index is 13.4. The maximum absolute atomic E-state index is 13.4. The molecule has 0 saturated heterocycles. The lowest BCUT2D eigenvalue weighted by molar-refractivity contribution is -0.143. The fraction of sp³-hybridized carbons (Fsp3) is 0.267. The van der Waals surface area contributed by atoms with E-state index in [0.29, 0.717) is 5.56 Å². The summed E-state index contributed by atoms with van der Waals surface area (Å²) in [6.45, 7) is 1.64. The van der Waals surface area contributed by atoms with E-state index in [1.54, 1.807) is 19.1 Å². The van der Waals surface area contributed by atoms with E-state index in [9.17, 15) is 40.7 Å². The molecule has 4 rings (SSSR count). The minimum atomic E-state index is -4.67. The molecule has 43 heavy (non-hydrogen) atoms. The number of fused-ring (bicyclic) bond motifs is 1. The summed E-state index contributed by atoms with van der Waals surface area (Å²) in [5.74, 6) is -4.49. The molecule has 13 heteroatoms. The Morgan fingerprint density at radius 3 is 2.12 bits per heavy atom. The second-order valence-corrected chi connectivity index (χ2v) is 9.63. The molecule has 0 saturated carbocycles. The SMILES string of the molecule is Cc1cccc2c1NC(=O)[C@@H](NC(=O)[C@H](CCC(F)(F)F)CC(N)=O)N=C2c1cccc(C(F)(F)F)c1.c1ccccc1. The van der Waals surface area contributed by atoms with Gasteiger partial charge in [-0.25, -0.2) is 4.99 Å². The number of para-hydroxylation sites is 1. The van der Waals surface area contributed by atoms with Crippen molar-refractivity contribution in [3.63, 3.8) is 0 Å². The first-order chi connectivity index (χ1) is 20.2. The number of alkyl halides is 6. The number of halogens is 6. The van der Waals surface area contributed by atoms with Crippen LogP contribution in [0, 0.1) is 12.8 Å². The number of nitrogens with two attached hydrogens (primary N) is 1. The van der Waals surface area contributed by atoms with Crippen LogP contribution in [0.1, 0.15) is 41.5 Å². The van der Waals surface area contributed by atoms with Crippen LogP contribution < -0.4 is 16.4 Å². The third-order valence-electron chi connectivity index (χ3n) is 6.29. The zero-order valence-corrected chi connectivity index (χ0v) is 22.8. The molecule has 3 aromatic carbocycles. The van der Waals surface area contributed by atoms with Crippen LogP contribution in [0.25, 0.3) is 0 Å². The van der Waals surface area contributed by atoms with Crippen molar-refractivity contribution in [3.05, 3.63) is 101 Å². The third-order valence-corrected chi connectivity index (χ3v) is 6.29. The molecule has 1 aliphatic heterocycles. The Balaban J connectivity index is 0.000000749. The van der Waals surface area contributed by atoms with Gasteiger partial charge in [0.2, 0.25) is 18.0 Å². The smallest absolute Gasteiger partial charge is 0.370 e. The van der Waals surface area contributed by atoms with Crippen LogP contribution in [-0.2, 0) is 20.6 Å². The summed E-state index contributed by atoms with van der Waals surface area (Å²) in [6, 6.07) is 20.9. The van der Waals surface area contributed by atoms with Gasteiger partial charge in [0.25, 0.3) is 5.91 Å². The molecule has 0 spiro atoms. The first-order valence-corrected chi connectivity index (χ1v) is 13.0. The van der Waals surface area contributed by atoms with Crippen molar-refractivity contribution in [1.29, 1.82) is 0 Å². The molecule has 0 aromatic heterocycles. The summed E-state index contributed by atoms with van der Waals surface area (Å²) >= 11 is 0. The van der Waals surface area contributed by atoms with E-state index in [4.69, 9.17) is 5.73 Å². The summed E-state index contributed by atoms with van der Waals surface area (Å²) in [4.78, 5) is 41.3. The number of hydrogen-bond acceptors (Lipinski definition) is 4. The van der Waals surface area contributed by atoms with E-state index in [-0.39, 0.29) is 22.5 Å². The number of amides is 3. The van der Waals surface area contributed by atoms with Crippen molar-refractivity contribution in [2.75, 3.05) is 5.32 Å². The molecule has 4 N–H and O–H groups in total. The molecule has 1 aliphatic rings. The Bertz CT molecular complexity index is 1450. The molecule has 0 unspecified atom stereocenters. The molecule has 1 heterocycles. The van der Waals surface area contributed by atoms with Crippen molar-refractivity contribution in [2.24, 2.45) is 16.6 Å². The molecule has 2 atom stereocenters. The molecule has 0 aliphatic carbocycles. The average Bonchev–Trinajstić information content (AvgIpc) is 3.08. The summed E-state index contributed by atoms with van der Waals surface area (Å²) < 4.78 is 78.2. The van der Waals surface area contributed by atoms with Crippen LogP contribution >= 0.6 is 0 Å². The second kappa shape index (κ2) is 14.0. The van der Waals surface area contributed by atoms with Crippen LogP contribution in [0.4, 0.5) is 32.0 Å². The minimum Gasteiger partial charge on any atom is -0.370 e. The highest BCUT2D eigenvalue weighted by Gasteiger charge is 2.35. The van der Waals surface area contributed by atoms with Gasteiger partial charge in [-0.3, -0.25) is 14.4 Å². The molecule has 0 fully saturated rings. The van der Waals surface area contributed by atoms with Gasteiger partial charge in [-0.05, 0) is 31.0 Å². The predicted octanol–water partition coefficient (Wildman–Crippen LogP) is 5.77. The van der Waals surface area contributed by atoms with Crippen molar-refractivity contribution in [2.45, 2.75) is 44.7 Å². The van der Waals surface area contributed by atoms with Gasteiger partial charge in [-0.1, -0.05) is 66.7 Å². The number of nitrogens with zero attached hydrogens (tertiary/aromatic N) is 1. The van der Waals surface area contributed by atoms with E-state index < -0.39 is 67.0 Å². The number of nitrogens with one attached hydrogen (secondary N) is 2. The summed E-state index contributed by atoms with van der Waals surface area (Å²) in [6.07, 6.45) is -13.8. The van der Waals surface area contributed by atoms with Gasteiger partial charge >= 0.3 is 12.4 Å². The van der Waals surface area contributed by atoms with E-state index in [1.165, 1.54) is 12.1 Å². The van der Waals surface area contributed by atoms with Crippen molar-refractivity contribution in [1.82, 2.24) is 5.32 Å². The molecular weight excluding hydrogens is 578 g/mol.